The number of fused-ring (bicyclic) bond motifs is 1. The number of thiazole rings is 1. The zero-order chi connectivity index (χ0) is 55.4. The highest BCUT2D eigenvalue weighted by atomic mass is 32.1. The molecule has 5 amide bonds. The average molecular weight is 1100 g/mol. The Morgan fingerprint density at radius 3 is 2.40 bits per heavy atom. The second-order valence-corrected chi connectivity index (χ2v) is 23.9. The molecule has 3 aromatic carbocycles. The highest BCUT2D eigenvalue weighted by molar-refractivity contribution is 7.14. The molecule has 19 heteroatoms. The second-order valence-electron chi connectivity index (χ2n) is 21.9. The van der Waals surface area contributed by atoms with Gasteiger partial charge in [0.25, 0.3) is 11.5 Å². The number of aliphatic hydroxyl groups is 1. The van der Waals surface area contributed by atoms with Crippen LogP contribution in [0.1, 0.15) is 108 Å². The predicted octanol–water partition coefficient (Wildman–Crippen LogP) is 7.92. The summed E-state index contributed by atoms with van der Waals surface area (Å²) >= 11 is 3.14. The quantitative estimate of drug-likeness (QED) is 0.0554. The number of β-amino-alcohol motifs (C(OH)–C–C–N with tert-alkyl or cyclic N) is 1. The van der Waals surface area contributed by atoms with Gasteiger partial charge in [0.2, 0.25) is 23.6 Å². The summed E-state index contributed by atoms with van der Waals surface area (Å²) < 4.78 is 1.48. The molecule has 0 radical (unpaired) electrons. The van der Waals surface area contributed by atoms with E-state index < -0.39 is 35.6 Å². The van der Waals surface area contributed by atoms with Gasteiger partial charge in [0.05, 0.1) is 32.8 Å². The van der Waals surface area contributed by atoms with E-state index in [2.05, 4.69) is 26.3 Å². The molecular weight excluding hydrogens is 1020 g/mol. The predicted molar refractivity (Wildman–Crippen MR) is 306 cm³/mol. The van der Waals surface area contributed by atoms with Crippen molar-refractivity contribution in [1.29, 1.82) is 0 Å². The van der Waals surface area contributed by atoms with E-state index in [0.29, 0.717) is 54.4 Å². The summed E-state index contributed by atoms with van der Waals surface area (Å²) in [6.07, 6.45) is 6.41. The average Bonchev–Trinajstić information content (AvgIpc) is 4.20. The van der Waals surface area contributed by atoms with Gasteiger partial charge in [0, 0.05) is 80.6 Å². The van der Waals surface area contributed by atoms with E-state index in [-0.39, 0.29) is 60.9 Å². The van der Waals surface area contributed by atoms with Crippen LogP contribution in [0.25, 0.3) is 21.7 Å². The van der Waals surface area contributed by atoms with Crippen LogP contribution in [0.4, 0.5) is 17.2 Å². The third kappa shape index (κ3) is 12.6. The lowest BCUT2D eigenvalue weighted by Gasteiger charge is -2.39. The summed E-state index contributed by atoms with van der Waals surface area (Å²) in [5, 5.41) is 22.9. The molecule has 6 aromatic rings. The first-order valence-corrected chi connectivity index (χ1v) is 28.5. The van der Waals surface area contributed by atoms with Gasteiger partial charge in [-0.3, -0.25) is 33.7 Å². The number of unbranched alkanes of at least 4 members (excludes halogenated alkanes) is 1. The van der Waals surface area contributed by atoms with Gasteiger partial charge in [-0.05, 0) is 117 Å². The topological polar surface area (TPSA) is 211 Å². The minimum absolute atomic E-state index is 0.0190. The Morgan fingerprint density at radius 2 is 1.68 bits per heavy atom. The number of hydrogen-bond acceptors (Lipinski definition) is 13. The third-order valence-corrected chi connectivity index (χ3v) is 17.4. The second kappa shape index (κ2) is 23.9. The number of aryl methyl sites for hydroxylation is 4. The fourth-order valence-corrected chi connectivity index (χ4v) is 12.6. The summed E-state index contributed by atoms with van der Waals surface area (Å²) in [6.45, 7) is 11.3. The van der Waals surface area contributed by atoms with Crippen LogP contribution < -0.4 is 26.8 Å². The zero-order valence-corrected chi connectivity index (χ0v) is 47.1. The highest BCUT2D eigenvalue weighted by Crippen LogP contribution is 2.34. The molecule has 0 unspecified atom stereocenters. The molecule has 2 saturated heterocycles. The van der Waals surface area contributed by atoms with E-state index in [9.17, 15) is 33.9 Å². The van der Waals surface area contributed by atoms with Crippen molar-refractivity contribution in [2.24, 2.45) is 12.5 Å². The summed E-state index contributed by atoms with van der Waals surface area (Å²) in [5.41, 5.74) is 9.20. The minimum Gasteiger partial charge on any atom is -0.391 e. The number of thiophene rings is 1. The molecule has 17 nitrogen and oxygen atoms in total. The summed E-state index contributed by atoms with van der Waals surface area (Å²) in [7, 11) is 3.59. The van der Waals surface area contributed by atoms with Crippen LogP contribution in [0.2, 0.25) is 0 Å². The minimum atomic E-state index is -0.947. The van der Waals surface area contributed by atoms with E-state index in [0.717, 1.165) is 64.1 Å². The van der Waals surface area contributed by atoms with Crippen LogP contribution in [0, 0.1) is 19.3 Å². The van der Waals surface area contributed by atoms with E-state index in [1.54, 1.807) is 35.9 Å². The van der Waals surface area contributed by atoms with E-state index in [1.165, 1.54) is 19.9 Å². The van der Waals surface area contributed by atoms with Crippen LogP contribution >= 0.6 is 22.7 Å². The number of anilines is 3. The number of amides is 5. The molecule has 0 saturated carbocycles. The standard InChI is InChI=1S/C59H70N10O7S2/c1-35-43(14-12-15-44(35)64-55(73)48-29-40-13-8-9-16-47(40)78-48)45-33-67(7)58(76)53(63-45)62-41-24-22-38(23-25-41)50-56(74)68(28-27-66(50)6)26-11-10-17-49(71)65-52(59(3,4)5)57(75)69-32-42(70)30-46(69)54(72)60-31-37-18-20-39(21-19-37)51-36(2)61-34-77-51/h12,14-15,18-25,29,33-34,42,46,50,52,70H,8-11,13,16-17,26-28,30-32H2,1-7H3,(H,60,72)(H,62,63)(H,64,73)(H,65,71)/t42-,46+,50-,52-/m1/s1. The van der Waals surface area contributed by atoms with Gasteiger partial charge in [-0.25, -0.2) is 9.97 Å². The van der Waals surface area contributed by atoms with Gasteiger partial charge in [0.15, 0.2) is 5.82 Å². The first kappa shape index (κ1) is 55.7. The molecule has 4 atom stereocenters. The molecule has 1 aliphatic carbocycles. The fraction of sp³-hybridized carbons (Fsp3) is 0.424. The largest absolute Gasteiger partial charge is 0.391 e. The fourth-order valence-electron chi connectivity index (χ4n) is 10.6. The highest BCUT2D eigenvalue weighted by Gasteiger charge is 2.44. The smallest absolute Gasteiger partial charge is 0.293 e. The first-order chi connectivity index (χ1) is 37.3. The maximum absolute atomic E-state index is 14.2. The van der Waals surface area contributed by atoms with Gasteiger partial charge < -0.3 is 40.7 Å². The Bertz CT molecular complexity index is 3230. The number of hydrogen-bond donors (Lipinski definition) is 5. The number of piperazine rings is 1. The number of likely N-dealkylation sites (tertiary alicyclic amines) is 1. The summed E-state index contributed by atoms with van der Waals surface area (Å²) in [4.78, 5) is 99.6. The lowest BCUT2D eigenvalue weighted by atomic mass is 9.85. The molecule has 2 fully saturated rings. The van der Waals surface area contributed by atoms with Gasteiger partial charge in [-0.2, -0.15) is 0 Å². The Morgan fingerprint density at radius 1 is 0.923 bits per heavy atom. The normalized spacial score (nSPS) is 18.1. The summed E-state index contributed by atoms with van der Waals surface area (Å²) in [5.74, 6) is -1.17. The van der Waals surface area contributed by atoms with E-state index in [4.69, 9.17) is 4.98 Å². The Hall–Kier alpha value is -7.06. The molecule has 5 heterocycles. The van der Waals surface area contributed by atoms with Crippen LogP contribution in [0.3, 0.4) is 0 Å². The van der Waals surface area contributed by atoms with Crippen LogP contribution in [0.15, 0.2) is 89.3 Å². The molecule has 410 valence electrons. The van der Waals surface area contributed by atoms with Gasteiger partial charge in [0.1, 0.15) is 18.1 Å². The number of carbonyl (C=O) groups excluding carboxylic acids is 5. The molecule has 9 rings (SSSR count). The molecule has 3 aliphatic rings. The van der Waals surface area contributed by atoms with Crippen LogP contribution in [-0.2, 0) is 45.6 Å². The van der Waals surface area contributed by atoms with Crippen molar-refractivity contribution < 1.29 is 29.1 Å². The summed E-state index contributed by atoms with van der Waals surface area (Å²) in [6, 6.07) is 20.6. The van der Waals surface area contributed by atoms with Crippen molar-refractivity contribution in [2.45, 2.75) is 117 Å². The van der Waals surface area contributed by atoms with E-state index in [1.807, 2.05) is 130 Å². The van der Waals surface area contributed by atoms with Gasteiger partial charge in [-0.1, -0.05) is 69.3 Å². The lowest BCUT2D eigenvalue weighted by Crippen LogP contribution is -2.57. The van der Waals surface area contributed by atoms with Crippen molar-refractivity contribution in [3.05, 3.63) is 133 Å². The van der Waals surface area contributed by atoms with Crippen LogP contribution in [0.5, 0.6) is 0 Å². The molecule has 3 aromatic heterocycles. The molecule has 0 spiro atoms. The van der Waals surface area contributed by atoms with Crippen molar-refractivity contribution in [3.8, 4) is 21.7 Å². The van der Waals surface area contributed by atoms with Crippen molar-refractivity contribution >= 4 is 69.4 Å². The van der Waals surface area contributed by atoms with Crippen molar-refractivity contribution in [1.82, 2.24) is 39.9 Å². The molecule has 2 aliphatic heterocycles. The van der Waals surface area contributed by atoms with Crippen molar-refractivity contribution in [3.63, 3.8) is 0 Å². The lowest BCUT2D eigenvalue weighted by molar-refractivity contribution is -0.144. The SMILES string of the molecule is Cc1ncsc1-c1ccc(CNC(=O)[C@@H]2C[C@@H](O)CN2C(=O)[C@@H](NC(=O)CCCCN2CCN(C)[C@H](c3ccc(Nc4nc(-c5cccc(NC(=O)c6cc7c(s6)CCCC7)c5C)cn(C)c4=O)cc3)C2=O)C(C)(C)C)cc1. The zero-order valence-electron chi connectivity index (χ0n) is 45.5. The number of benzene rings is 3. The number of nitrogens with one attached hydrogen (secondary N) is 4. The number of rotatable bonds is 17. The molecular formula is C59H70N10O7S2. The Kier molecular flexibility index (Phi) is 17.1. The molecule has 0 bridgehead atoms. The van der Waals surface area contributed by atoms with Gasteiger partial charge >= 0.3 is 0 Å². The number of nitrogens with zero attached hydrogens (tertiary/aromatic N) is 6. The third-order valence-electron chi connectivity index (χ3n) is 15.1. The van der Waals surface area contributed by atoms with Crippen LogP contribution in [-0.4, -0.2) is 115 Å². The van der Waals surface area contributed by atoms with Crippen molar-refractivity contribution in [2.75, 3.05) is 43.9 Å². The first-order valence-electron chi connectivity index (χ1n) is 26.8. The number of aliphatic hydroxyl groups excluding tert-OH is 1. The molecule has 5 N–H and O–H groups in total. The van der Waals surface area contributed by atoms with E-state index >= 15 is 0 Å². The van der Waals surface area contributed by atoms with Gasteiger partial charge in [-0.15, -0.1) is 22.7 Å². The number of carbonyl (C=O) groups is 5. The number of likely N-dealkylation sites (N-methyl/N-ethyl adjacent to an activating group) is 1. The number of aromatic nitrogens is 3. The Balaban J connectivity index is 0.767. The monoisotopic (exact) mass is 1090 g/mol. The maximum atomic E-state index is 14.2. The Labute approximate surface area is 463 Å². The maximum Gasteiger partial charge on any atom is 0.293 e. The molecule has 78 heavy (non-hydrogen) atoms.